The van der Waals surface area contributed by atoms with E-state index in [0.29, 0.717) is 11.6 Å². The van der Waals surface area contributed by atoms with E-state index in [1.807, 2.05) is 24.3 Å². The van der Waals surface area contributed by atoms with Gasteiger partial charge in [0.1, 0.15) is 0 Å². The molecule has 2 aromatic rings. The van der Waals surface area contributed by atoms with Crippen molar-refractivity contribution in [3.05, 3.63) is 52.1 Å². The zero-order valence-corrected chi connectivity index (χ0v) is 10.8. The van der Waals surface area contributed by atoms with Gasteiger partial charge in [0, 0.05) is 11.6 Å². The van der Waals surface area contributed by atoms with E-state index < -0.39 is 5.82 Å². The number of halogens is 3. The van der Waals surface area contributed by atoms with E-state index >= 15 is 0 Å². The fraction of sp³-hybridized carbons (Fsp3) is 0.167. The first-order valence-corrected chi connectivity index (χ1v) is 6.07. The summed E-state index contributed by atoms with van der Waals surface area (Å²) in [6.07, 6.45) is 1.78. The zero-order valence-electron chi connectivity index (χ0n) is 9.33. The van der Waals surface area contributed by atoms with Gasteiger partial charge in [-0.25, -0.2) is 9.37 Å². The molecule has 1 aromatic heterocycles. The fourth-order valence-electron chi connectivity index (χ4n) is 1.45. The van der Waals surface area contributed by atoms with Gasteiger partial charge in [0.05, 0.1) is 6.20 Å². The predicted molar refractivity (Wildman–Crippen MR) is 70.6 cm³/mol. The van der Waals surface area contributed by atoms with Crippen LogP contribution in [-0.4, -0.2) is 16.5 Å². The van der Waals surface area contributed by atoms with Crippen LogP contribution in [0.5, 0.6) is 0 Å². The summed E-state index contributed by atoms with van der Waals surface area (Å²) < 4.78 is 13.3. The summed E-state index contributed by atoms with van der Waals surface area (Å²) in [5, 5.41) is 3.59. The van der Waals surface area contributed by atoms with Crippen LogP contribution in [0.1, 0.15) is 5.56 Å². The van der Waals surface area contributed by atoms with E-state index in [4.69, 9.17) is 23.2 Å². The predicted octanol–water partition coefficient (Wildman–Crippen LogP) is 3.58. The van der Waals surface area contributed by atoms with E-state index in [1.165, 1.54) is 0 Å². The number of hydrogen-bond donors (Lipinski definition) is 1. The van der Waals surface area contributed by atoms with Crippen molar-refractivity contribution in [2.45, 2.75) is 6.42 Å². The van der Waals surface area contributed by atoms with Crippen LogP contribution < -0.4 is 5.32 Å². The number of nitrogens with zero attached hydrogens (tertiary/aromatic N) is 2. The van der Waals surface area contributed by atoms with Crippen LogP contribution in [0.4, 0.5) is 10.2 Å². The molecular formula is C12H10Cl2FN3. The highest BCUT2D eigenvalue weighted by Gasteiger charge is 2.04. The van der Waals surface area contributed by atoms with E-state index in [9.17, 15) is 4.39 Å². The maximum Gasteiger partial charge on any atom is 0.224 e. The lowest BCUT2D eigenvalue weighted by atomic mass is 10.1. The molecule has 3 nitrogen and oxygen atoms in total. The molecular weight excluding hydrogens is 276 g/mol. The SMILES string of the molecule is Fc1cnc(Cl)nc1NCCc1ccc(Cl)cc1. The van der Waals surface area contributed by atoms with E-state index in [1.54, 1.807) is 0 Å². The van der Waals surface area contributed by atoms with Crippen molar-refractivity contribution in [2.75, 3.05) is 11.9 Å². The van der Waals surface area contributed by atoms with Gasteiger partial charge in [-0.3, -0.25) is 0 Å². The molecule has 0 spiro atoms. The normalized spacial score (nSPS) is 10.4. The number of nitrogens with one attached hydrogen (secondary N) is 1. The molecule has 18 heavy (non-hydrogen) atoms. The Labute approximate surface area is 114 Å². The fourth-order valence-corrected chi connectivity index (χ4v) is 1.71. The molecule has 1 N–H and O–H groups in total. The summed E-state index contributed by atoms with van der Waals surface area (Å²) in [6, 6.07) is 7.48. The standard InChI is InChI=1S/C12H10Cl2FN3/c13-9-3-1-8(2-4-9)5-6-16-11-10(15)7-17-12(14)18-11/h1-4,7H,5-6H2,(H,16,17,18). The third-order valence-corrected chi connectivity index (χ3v) is 2.77. The molecule has 1 aromatic carbocycles. The van der Waals surface area contributed by atoms with Gasteiger partial charge in [0.25, 0.3) is 0 Å². The van der Waals surface area contributed by atoms with E-state index in [2.05, 4.69) is 15.3 Å². The van der Waals surface area contributed by atoms with Gasteiger partial charge in [-0.15, -0.1) is 0 Å². The minimum absolute atomic E-state index is 0.0189. The Morgan fingerprint density at radius 1 is 1.17 bits per heavy atom. The molecule has 0 aliphatic heterocycles. The van der Waals surface area contributed by atoms with Gasteiger partial charge in [0.2, 0.25) is 5.28 Å². The van der Waals surface area contributed by atoms with E-state index in [-0.39, 0.29) is 11.1 Å². The van der Waals surface area contributed by atoms with Crippen LogP contribution in [0.3, 0.4) is 0 Å². The van der Waals surface area contributed by atoms with Crippen LogP contribution in [0.25, 0.3) is 0 Å². The highest BCUT2D eigenvalue weighted by atomic mass is 35.5. The molecule has 0 amide bonds. The van der Waals surface area contributed by atoms with Crippen LogP contribution in [0.15, 0.2) is 30.5 Å². The van der Waals surface area contributed by atoms with Crippen molar-refractivity contribution in [1.29, 1.82) is 0 Å². The highest BCUT2D eigenvalue weighted by molar-refractivity contribution is 6.30. The Balaban J connectivity index is 1.92. The Bertz CT molecular complexity index is 531. The summed E-state index contributed by atoms with van der Waals surface area (Å²) >= 11 is 11.4. The molecule has 1 heterocycles. The monoisotopic (exact) mass is 285 g/mol. The molecule has 0 saturated heterocycles. The van der Waals surface area contributed by atoms with Crippen molar-refractivity contribution in [3.8, 4) is 0 Å². The van der Waals surface area contributed by atoms with Gasteiger partial charge in [0.15, 0.2) is 11.6 Å². The maximum absolute atomic E-state index is 13.3. The summed E-state index contributed by atoms with van der Waals surface area (Å²) in [5.74, 6) is -0.403. The minimum Gasteiger partial charge on any atom is -0.367 e. The van der Waals surface area contributed by atoms with Crippen molar-refractivity contribution < 1.29 is 4.39 Å². The lowest BCUT2D eigenvalue weighted by molar-refractivity contribution is 0.616. The van der Waals surface area contributed by atoms with Crippen molar-refractivity contribution in [2.24, 2.45) is 0 Å². The average molecular weight is 286 g/mol. The number of anilines is 1. The van der Waals surface area contributed by atoms with Gasteiger partial charge >= 0.3 is 0 Å². The quantitative estimate of drug-likeness (QED) is 0.873. The van der Waals surface area contributed by atoms with E-state index in [0.717, 1.165) is 18.2 Å². The molecule has 0 aliphatic rings. The molecule has 0 saturated carbocycles. The molecule has 0 atom stereocenters. The molecule has 6 heteroatoms. The van der Waals surface area contributed by atoms with Gasteiger partial charge < -0.3 is 5.32 Å². The Morgan fingerprint density at radius 3 is 2.61 bits per heavy atom. The average Bonchev–Trinajstić information content (AvgIpc) is 2.36. The largest absolute Gasteiger partial charge is 0.367 e. The van der Waals surface area contributed by atoms with Crippen LogP contribution in [-0.2, 0) is 6.42 Å². The molecule has 0 aliphatic carbocycles. The first-order valence-electron chi connectivity index (χ1n) is 5.31. The lowest BCUT2D eigenvalue weighted by Crippen LogP contribution is -2.08. The second kappa shape index (κ2) is 5.98. The number of hydrogen-bond acceptors (Lipinski definition) is 3. The number of rotatable bonds is 4. The maximum atomic E-state index is 13.3. The third-order valence-electron chi connectivity index (χ3n) is 2.33. The molecule has 0 fully saturated rings. The summed E-state index contributed by atoms with van der Waals surface area (Å²) in [6.45, 7) is 0.548. The van der Waals surface area contributed by atoms with Crippen molar-refractivity contribution >= 4 is 29.0 Å². The second-order valence-electron chi connectivity index (χ2n) is 3.64. The van der Waals surface area contributed by atoms with Gasteiger partial charge in [-0.2, -0.15) is 4.98 Å². The molecule has 0 unspecified atom stereocenters. The molecule has 0 radical (unpaired) electrons. The van der Waals surface area contributed by atoms with Crippen LogP contribution in [0.2, 0.25) is 10.3 Å². The highest BCUT2D eigenvalue weighted by Crippen LogP contribution is 2.13. The molecule has 2 rings (SSSR count). The Hall–Kier alpha value is -1.39. The summed E-state index contributed by atoms with van der Waals surface area (Å²) in [4.78, 5) is 7.31. The number of aromatic nitrogens is 2. The second-order valence-corrected chi connectivity index (χ2v) is 4.41. The van der Waals surface area contributed by atoms with Crippen molar-refractivity contribution in [1.82, 2.24) is 9.97 Å². The number of benzene rings is 1. The Morgan fingerprint density at radius 2 is 1.89 bits per heavy atom. The first kappa shape index (κ1) is 13.1. The lowest BCUT2D eigenvalue weighted by Gasteiger charge is -2.06. The minimum atomic E-state index is -0.518. The van der Waals surface area contributed by atoms with Gasteiger partial charge in [-0.05, 0) is 35.7 Å². The Kier molecular flexibility index (Phi) is 4.33. The summed E-state index contributed by atoms with van der Waals surface area (Å²) in [7, 11) is 0. The zero-order chi connectivity index (χ0) is 13.0. The van der Waals surface area contributed by atoms with Crippen molar-refractivity contribution in [3.63, 3.8) is 0 Å². The smallest absolute Gasteiger partial charge is 0.224 e. The van der Waals surface area contributed by atoms with Gasteiger partial charge in [-0.1, -0.05) is 23.7 Å². The molecule has 0 bridgehead atoms. The first-order chi connectivity index (χ1) is 8.65. The molecule has 94 valence electrons. The van der Waals surface area contributed by atoms with Crippen LogP contribution in [0, 0.1) is 5.82 Å². The van der Waals surface area contributed by atoms with Crippen LogP contribution >= 0.6 is 23.2 Å². The summed E-state index contributed by atoms with van der Waals surface area (Å²) in [5.41, 5.74) is 1.10. The third kappa shape index (κ3) is 3.55. The topological polar surface area (TPSA) is 37.8 Å².